The lowest BCUT2D eigenvalue weighted by Gasteiger charge is -2.04. The summed E-state index contributed by atoms with van der Waals surface area (Å²) in [7, 11) is 0. The molecular formula is C16H14FN7. The van der Waals surface area contributed by atoms with Gasteiger partial charge in [-0.25, -0.2) is 14.4 Å². The molecule has 0 saturated heterocycles. The molecule has 0 aliphatic carbocycles. The molecule has 2 N–H and O–H groups in total. The van der Waals surface area contributed by atoms with Crippen molar-refractivity contribution in [2.24, 2.45) is 0 Å². The molecular weight excluding hydrogens is 309 g/mol. The quantitative estimate of drug-likeness (QED) is 0.603. The van der Waals surface area contributed by atoms with E-state index in [4.69, 9.17) is 0 Å². The Morgan fingerprint density at radius 3 is 2.96 bits per heavy atom. The van der Waals surface area contributed by atoms with Gasteiger partial charge in [-0.3, -0.25) is 9.78 Å². The van der Waals surface area contributed by atoms with E-state index in [1.54, 1.807) is 35.3 Å². The van der Waals surface area contributed by atoms with Gasteiger partial charge < -0.3 is 5.32 Å². The van der Waals surface area contributed by atoms with Crippen LogP contribution in [0.5, 0.6) is 0 Å². The third-order valence-electron chi connectivity index (χ3n) is 3.70. The molecule has 0 unspecified atom stereocenters. The van der Waals surface area contributed by atoms with E-state index in [-0.39, 0.29) is 5.82 Å². The predicted octanol–water partition coefficient (Wildman–Crippen LogP) is 2.79. The molecule has 7 nitrogen and oxygen atoms in total. The maximum Gasteiger partial charge on any atom is 0.162 e. The third-order valence-corrected chi connectivity index (χ3v) is 3.70. The standard InChI is InChI=1S/C16H14FN7/c1-10-14-15(23-22-10)16(19-9-18-14)21-12-6-20-24(8-12)7-11-4-2-3-5-13(11)17/h2-6,8-9H,7H2,1H3,(H,22,23)(H,18,19,21). The van der Waals surface area contributed by atoms with E-state index in [0.29, 0.717) is 23.4 Å². The first kappa shape index (κ1) is 14.3. The van der Waals surface area contributed by atoms with Crippen LogP contribution >= 0.6 is 0 Å². The molecule has 3 aromatic heterocycles. The van der Waals surface area contributed by atoms with Crippen molar-refractivity contribution in [1.82, 2.24) is 29.9 Å². The summed E-state index contributed by atoms with van der Waals surface area (Å²) >= 11 is 0. The number of nitrogens with zero attached hydrogens (tertiary/aromatic N) is 5. The fourth-order valence-corrected chi connectivity index (χ4v) is 2.50. The molecule has 3 heterocycles. The van der Waals surface area contributed by atoms with Gasteiger partial charge in [-0.15, -0.1) is 0 Å². The summed E-state index contributed by atoms with van der Waals surface area (Å²) in [4.78, 5) is 8.43. The minimum Gasteiger partial charge on any atom is -0.336 e. The van der Waals surface area contributed by atoms with Crippen LogP contribution < -0.4 is 5.32 Å². The topological polar surface area (TPSA) is 84.3 Å². The average molecular weight is 323 g/mol. The number of hydrogen-bond donors (Lipinski definition) is 2. The monoisotopic (exact) mass is 323 g/mol. The van der Waals surface area contributed by atoms with Gasteiger partial charge in [0.05, 0.1) is 24.1 Å². The Labute approximate surface area is 136 Å². The second kappa shape index (κ2) is 5.73. The SMILES string of the molecule is Cc1[nH]nc2c(Nc3cnn(Cc4ccccc4F)c3)ncnc12. The molecule has 0 radical (unpaired) electrons. The Kier molecular flexibility index (Phi) is 3.42. The number of aromatic nitrogens is 6. The molecule has 4 rings (SSSR count). The Hall–Kier alpha value is -3.29. The summed E-state index contributed by atoms with van der Waals surface area (Å²) in [6.45, 7) is 2.26. The molecule has 8 heteroatoms. The first-order valence-electron chi connectivity index (χ1n) is 7.39. The number of hydrogen-bond acceptors (Lipinski definition) is 5. The summed E-state index contributed by atoms with van der Waals surface area (Å²) in [5.41, 5.74) is 3.64. The average Bonchev–Trinajstić information content (AvgIpc) is 3.18. The summed E-state index contributed by atoms with van der Waals surface area (Å²) < 4.78 is 15.4. The van der Waals surface area contributed by atoms with Gasteiger partial charge >= 0.3 is 0 Å². The summed E-state index contributed by atoms with van der Waals surface area (Å²) in [6.07, 6.45) is 4.94. The van der Waals surface area contributed by atoms with Crippen LogP contribution in [-0.2, 0) is 6.54 Å². The molecule has 24 heavy (non-hydrogen) atoms. The zero-order chi connectivity index (χ0) is 16.5. The van der Waals surface area contributed by atoms with Crippen molar-refractivity contribution in [1.29, 1.82) is 0 Å². The highest BCUT2D eigenvalue weighted by Gasteiger charge is 2.10. The third kappa shape index (κ3) is 2.58. The van der Waals surface area contributed by atoms with Crippen molar-refractivity contribution < 1.29 is 4.39 Å². The van der Waals surface area contributed by atoms with Gasteiger partial charge in [0.15, 0.2) is 11.3 Å². The van der Waals surface area contributed by atoms with E-state index >= 15 is 0 Å². The first-order chi connectivity index (χ1) is 11.7. The Bertz CT molecular complexity index is 1000. The molecule has 0 saturated carbocycles. The Morgan fingerprint density at radius 1 is 1.21 bits per heavy atom. The van der Waals surface area contributed by atoms with Crippen LogP contribution in [-0.4, -0.2) is 29.9 Å². The van der Waals surface area contributed by atoms with Crippen LogP contribution in [0.1, 0.15) is 11.3 Å². The molecule has 0 aliphatic rings. The molecule has 0 bridgehead atoms. The molecule has 0 spiro atoms. The van der Waals surface area contributed by atoms with Gasteiger partial charge in [-0.05, 0) is 13.0 Å². The van der Waals surface area contributed by atoms with E-state index in [1.807, 2.05) is 6.92 Å². The fraction of sp³-hybridized carbons (Fsp3) is 0.125. The molecule has 120 valence electrons. The second-order valence-electron chi connectivity index (χ2n) is 5.41. The highest BCUT2D eigenvalue weighted by Crippen LogP contribution is 2.22. The van der Waals surface area contributed by atoms with Crippen molar-refractivity contribution in [2.45, 2.75) is 13.5 Å². The van der Waals surface area contributed by atoms with Gasteiger partial charge in [0, 0.05) is 11.8 Å². The lowest BCUT2D eigenvalue weighted by Crippen LogP contribution is -2.02. The maximum atomic E-state index is 13.7. The number of rotatable bonds is 4. The van der Waals surface area contributed by atoms with Crippen LogP contribution in [0.15, 0.2) is 43.0 Å². The fourth-order valence-electron chi connectivity index (χ4n) is 2.50. The zero-order valence-corrected chi connectivity index (χ0v) is 12.9. The van der Waals surface area contributed by atoms with Crippen molar-refractivity contribution in [2.75, 3.05) is 5.32 Å². The summed E-state index contributed by atoms with van der Waals surface area (Å²) in [5.74, 6) is 0.349. The van der Waals surface area contributed by atoms with Crippen molar-refractivity contribution in [3.63, 3.8) is 0 Å². The number of H-pyrrole nitrogens is 1. The Morgan fingerprint density at radius 2 is 2.08 bits per heavy atom. The van der Waals surface area contributed by atoms with E-state index < -0.39 is 0 Å². The molecule has 0 atom stereocenters. The molecule has 0 aliphatic heterocycles. The van der Waals surface area contributed by atoms with Crippen molar-refractivity contribution in [3.05, 3.63) is 60.1 Å². The van der Waals surface area contributed by atoms with Crippen LogP contribution in [0.25, 0.3) is 11.0 Å². The van der Waals surface area contributed by atoms with E-state index in [9.17, 15) is 4.39 Å². The summed E-state index contributed by atoms with van der Waals surface area (Å²) in [6, 6.07) is 6.65. The number of halogens is 1. The number of fused-ring (bicyclic) bond motifs is 1. The smallest absolute Gasteiger partial charge is 0.162 e. The van der Waals surface area contributed by atoms with Gasteiger partial charge in [0.25, 0.3) is 0 Å². The van der Waals surface area contributed by atoms with Gasteiger partial charge in [0.2, 0.25) is 0 Å². The number of aromatic amines is 1. The van der Waals surface area contributed by atoms with E-state index in [0.717, 1.165) is 16.9 Å². The minimum atomic E-state index is -0.244. The van der Waals surface area contributed by atoms with Gasteiger partial charge in [-0.2, -0.15) is 10.2 Å². The normalized spacial score (nSPS) is 11.1. The zero-order valence-electron chi connectivity index (χ0n) is 12.9. The van der Waals surface area contributed by atoms with Gasteiger partial charge in [0.1, 0.15) is 17.7 Å². The largest absolute Gasteiger partial charge is 0.336 e. The first-order valence-corrected chi connectivity index (χ1v) is 7.39. The maximum absolute atomic E-state index is 13.7. The lowest BCUT2D eigenvalue weighted by molar-refractivity contribution is 0.585. The number of aryl methyl sites for hydroxylation is 1. The molecule has 0 fully saturated rings. The predicted molar refractivity (Wildman–Crippen MR) is 87.4 cm³/mol. The number of nitrogens with one attached hydrogen (secondary N) is 2. The van der Waals surface area contributed by atoms with Gasteiger partial charge in [-0.1, -0.05) is 18.2 Å². The minimum absolute atomic E-state index is 0.244. The molecule has 1 aromatic carbocycles. The number of anilines is 2. The number of benzene rings is 1. The van der Waals surface area contributed by atoms with Crippen molar-refractivity contribution in [3.8, 4) is 0 Å². The molecule has 4 aromatic rings. The lowest BCUT2D eigenvalue weighted by atomic mass is 10.2. The Balaban J connectivity index is 1.58. The van der Waals surface area contributed by atoms with Crippen molar-refractivity contribution >= 4 is 22.5 Å². The van der Waals surface area contributed by atoms with Crippen LogP contribution in [0, 0.1) is 12.7 Å². The summed E-state index contributed by atoms with van der Waals surface area (Å²) in [5, 5.41) is 14.5. The van der Waals surface area contributed by atoms with Crippen LogP contribution in [0.2, 0.25) is 0 Å². The highest BCUT2D eigenvalue weighted by molar-refractivity contribution is 5.88. The second-order valence-corrected chi connectivity index (χ2v) is 5.41. The molecule has 0 amide bonds. The highest BCUT2D eigenvalue weighted by atomic mass is 19.1. The van der Waals surface area contributed by atoms with Crippen LogP contribution in [0.4, 0.5) is 15.9 Å². The van der Waals surface area contributed by atoms with E-state index in [2.05, 4.69) is 30.6 Å². The van der Waals surface area contributed by atoms with Crippen LogP contribution in [0.3, 0.4) is 0 Å². The van der Waals surface area contributed by atoms with E-state index in [1.165, 1.54) is 12.4 Å².